The van der Waals surface area contributed by atoms with Crippen LogP contribution in [-0.4, -0.2) is 34.5 Å². The molecule has 1 N–H and O–H groups in total. The molecule has 1 aromatic carbocycles. The molecule has 5 nitrogen and oxygen atoms in total. The molecule has 0 unspecified atom stereocenters. The number of hydrogen-bond donors (Lipinski definition) is 1. The first kappa shape index (κ1) is 23.1. The highest BCUT2D eigenvalue weighted by molar-refractivity contribution is 7.09. The maximum atomic E-state index is 13.4. The highest BCUT2D eigenvalue weighted by Crippen LogP contribution is 2.50. The molecule has 6 heteroatoms. The predicted octanol–water partition coefficient (Wildman–Crippen LogP) is 5.56. The SMILES string of the molecule is CC/C(=C\c1ccc(O)cc1)CC[C@H]1OC[C@H]2C1=C(C)C[C@H]1C(=O)N(Cc3cccs3)C(=O)[C@H]12. The van der Waals surface area contributed by atoms with Crippen LogP contribution in [-0.2, 0) is 20.9 Å². The van der Waals surface area contributed by atoms with Gasteiger partial charge in [0.15, 0.2) is 0 Å². The minimum Gasteiger partial charge on any atom is -0.508 e. The number of ether oxygens (including phenoxy) is 1. The first-order valence-corrected chi connectivity index (χ1v) is 13.0. The highest BCUT2D eigenvalue weighted by atomic mass is 32.1. The van der Waals surface area contributed by atoms with Crippen molar-refractivity contribution in [1.29, 1.82) is 0 Å². The van der Waals surface area contributed by atoms with E-state index in [1.165, 1.54) is 21.6 Å². The van der Waals surface area contributed by atoms with Crippen molar-refractivity contribution in [3.05, 3.63) is 68.9 Å². The third kappa shape index (κ3) is 4.25. The van der Waals surface area contributed by atoms with Crippen molar-refractivity contribution in [2.45, 2.75) is 52.2 Å². The van der Waals surface area contributed by atoms with E-state index < -0.39 is 0 Å². The van der Waals surface area contributed by atoms with Crippen molar-refractivity contribution in [3.8, 4) is 5.75 Å². The second-order valence-corrected chi connectivity index (χ2v) is 10.7. The number of rotatable bonds is 7. The minimum absolute atomic E-state index is 0.00923. The van der Waals surface area contributed by atoms with Gasteiger partial charge in [0.25, 0.3) is 0 Å². The molecule has 34 heavy (non-hydrogen) atoms. The lowest BCUT2D eigenvalue weighted by atomic mass is 9.70. The van der Waals surface area contributed by atoms with Gasteiger partial charge in [-0.3, -0.25) is 14.5 Å². The van der Waals surface area contributed by atoms with Crippen LogP contribution in [0.15, 0.2) is 58.5 Å². The molecular weight excluding hydrogens is 446 g/mol. The van der Waals surface area contributed by atoms with E-state index in [1.54, 1.807) is 23.5 Å². The smallest absolute Gasteiger partial charge is 0.234 e. The molecule has 178 valence electrons. The van der Waals surface area contributed by atoms with Gasteiger partial charge in [-0.15, -0.1) is 11.3 Å². The van der Waals surface area contributed by atoms with E-state index in [1.807, 2.05) is 29.6 Å². The molecule has 2 amide bonds. The summed E-state index contributed by atoms with van der Waals surface area (Å²) in [5.41, 5.74) is 4.91. The molecule has 2 fully saturated rings. The molecule has 0 bridgehead atoms. The Kier molecular flexibility index (Phi) is 6.45. The topological polar surface area (TPSA) is 66.8 Å². The molecule has 0 spiro atoms. The molecule has 2 aromatic rings. The molecule has 1 aliphatic carbocycles. The lowest BCUT2D eigenvalue weighted by Crippen LogP contribution is -2.34. The Labute approximate surface area is 204 Å². The Balaban J connectivity index is 1.30. The van der Waals surface area contributed by atoms with Crippen LogP contribution in [0.3, 0.4) is 0 Å². The van der Waals surface area contributed by atoms with Crippen molar-refractivity contribution < 1.29 is 19.4 Å². The van der Waals surface area contributed by atoms with Gasteiger partial charge in [-0.05, 0) is 67.3 Å². The molecule has 0 radical (unpaired) electrons. The Morgan fingerprint density at radius 1 is 1.18 bits per heavy atom. The van der Waals surface area contributed by atoms with Crippen LogP contribution in [0.25, 0.3) is 6.08 Å². The van der Waals surface area contributed by atoms with Crippen molar-refractivity contribution >= 4 is 29.2 Å². The second kappa shape index (κ2) is 9.51. The zero-order chi connectivity index (χ0) is 23.8. The van der Waals surface area contributed by atoms with Crippen LogP contribution in [0, 0.1) is 17.8 Å². The van der Waals surface area contributed by atoms with E-state index in [0.29, 0.717) is 19.6 Å². The molecule has 2 saturated heterocycles. The average Bonchev–Trinajstić information content (AvgIpc) is 3.55. The van der Waals surface area contributed by atoms with Crippen molar-refractivity contribution in [1.82, 2.24) is 4.90 Å². The summed E-state index contributed by atoms with van der Waals surface area (Å²) in [5.74, 6) is -0.287. The number of thiophene rings is 1. The van der Waals surface area contributed by atoms with Crippen LogP contribution in [0.2, 0.25) is 0 Å². The third-order valence-corrected chi connectivity index (χ3v) is 8.44. The number of hydrogen-bond acceptors (Lipinski definition) is 5. The van der Waals surface area contributed by atoms with Gasteiger partial charge in [-0.1, -0.05) is 42.3 Å². The number of nitrogens with zero attached hydrogens (tertiary/aromatic N) is 1. The number of fused-ring (bicyclic) bond motifs is 3. The quantitative estimate of drug-likeness (QED) is 0.419. The van der Waals surface area contributed by atoms with Crippen molar-refractivity contribution in [2.75, 3.05) is 6.61 Å². The second-order valence-electron chi connectivity index (χ2n) is 9.63. The number of likely N-dealkylation sites (tertiary alicyclic amines) is 1. The first-order valence-electron chi connectivity index (χ1n) is 12.1. The Morgan fingerprint density at radius 2 is 1.97 bits per heavy atom. The number of carbonyl (C=O) groups is 2. The molecule has 2 aliphatic heterocycles. The number of imide groups is 1. The van der Waals surface area contributed by atoms with Gasteiger partial charge in [0, 0.05) is 10.8 Å². The minimum atomic E-state index is -0.283. The number of aromatic hydroxyl groups is 1. The third-order valence-electron chi connectivity index (χ3n) is 7.58. The fourth-order valence-corrected chi connectivity index (χ4v) is 6.58. The summed E-state index contributed by atoms with van der Waals surface area (Å²) in [6, 6.07) is 11.2. The highest BCUT2D eigenvalue weighted by Gasteiger charge is 2.56. The monoisotopic (exact) mass is 477 g/mol. The van der Waals surface area contributed by atoms with Gasteiger partial charge in [0.05, 0.1) is 31.1 Å². The van der Waals surface area contributed by atoms with Gasteiger partial charge < -0.3 is 9.84 Å². The largest absolute Gasteiger partial charge is 0.508 e. The maximum Gasteiger partial charge on any atom is 0.234 e. The number of phenolic OH excluding ortho intramolecular Hbond substituents is 1. The summed E-state index contributed by atoms with van der Waals surface area (Å²) in [5, 5.41) is 11.5. The number of carbonyl (C=O) groups excluding carboxylic acids is 2. The number of phenols is 1. The van der Waals surface area contributed by atoms with E-state index in [4.69, 9.17) is 4.74 Å². The van der Waals surface area contributed by atoms with Gasteiger partial charge in [-0.25, -0.2) is 0 Å². The van der Waals surface area contributed by atoms with Crippen LogP contribution in [0.4, 0.5) is 0 Å². The van der Waals surface area contributed by atoms with E-state index in [0.717, 1.165) is 29.7 Å². The van der Waals surface area contributed by atoms with Crippen LogP contribution in [0.1, 0.15) is 50.0 Å². The van der Waals surface area contributed by atoms with E-state index in [9.17, 15) is 14.7 Å². The Morgan fingerprint density at radius 3 is 2.68 bits per heavy atom. The molecular formula is C28H31NO4S. The summed E-state index contributed by atoms with van der Waals surface area (Å²) in [6.45, 7) is 5.18. The summed E-state index contributed by atoms with van der Waals surface area (Å²) in [4.78, 5) is 29.1. The van der Waals surface area contributed by atoms with E-state index >= 15 is 0 Å². The average molecular weight is 478 g/mol. The van der Waals surface area contributed by atoms with Crippen molar-refractivity contribution in [2.24, 2.45) is 17.8 Å². The number of allylic oxidation sites excluding steroid dienone is 2. The van der Waals surface area contributed by atoms with E-state index in [-0.39, 0.29) is 41.4 Å². The fourth-order valence-electron chi connectivity index (χ4n) is 5.88. The van der Waals surface area contributed by atoms with Crippen LogP contribution >= 0.6 is 11.3 Å². The van der Waals surface area contributed by atoms with Gasteiger partial charge >= 0.3 is 0 Å². The van der Waals surface area contributed by atoms with E-state index in [2.05, 4.69) is 19.9 Å². The fraction of sp³-hybridized carbons (Fsp3) is 0.429. The molecule has 1 aromatic heterocycles. The maximum absolute atomic E-state index is 13.4. The number of amides is 2. The Bertz CT molecular complexity index is 1130. The lowest BCUT2D eigenvalue weighted by Gasteiger charge is -2.30. The van der Waals surface area contributed by atoms with Gasteiger partial charge in [0.1, 0.15) is 5.75 Å². The summed E-state index contributed by atoms with van der Waals surface area (Å²) in [7, 11) is 0. The zero-order valence-corrected chi connectivity index (χ0v) is 20.5. The molecule has 3 heterocycles. The van der Waals surface area contributed by atoms with Crippen molar-refractivity contribution in [3.63, 3.8) is 0 Å². The Hall–Kier alpha value is -2.70. The summed E-state index contributed by atoms with van der Waals surface area (Å²) >= 11 is 1.58. The van der Waals surface area contributed by atoms with Crippen LogP contribution < -0.4 is 0 Å². The lowest BCUT2D eigenvalue weighted by molar-refractivity contribution is -0.140. The molecule has 5 rings (SSSR count). The molecule has 4 atom stereocenters. The standard InChI is InChI=1S/C28H31NO4S/c1-3-18(14-19-6-9-20(30)10-7-19)8-11-24-25-17(2)13-22-26(23(25)16-33-24)28(32)29(27(22)31)15-21-5-4-12-34-21/h4-7,9-10,12,14,22-24,26,30H,3,8,11,13,15-16H2,1-2H3/b18-14+/t22-,23+,24-,26-/m1/s1. The number of benzene rings is 1. The van der Waals surface area contributed by atoms with Gasteiger partial charge in [-0.2, -0.15) is 0 Å². The summed E-state index contributed by atoms with van der Waals surface area (Å²) < 4.78 is 6.27. The van der Waals surface area contributed by atoms with Gasteiger partial charge in [0.2, 0.25) is 11.8 Å². The molecule has 0 saturated carbocycles. The first-order chi connectivity index (χ1) is 16.5. The summed E-state index contributed by atoms with van der Waals surface area (Å²) in [6.07, 6.45) is 5.59. The predicted molar refractivity (Wildman–Crippen MR) is 133 cm³/mol. The zero-order valence-electron chi connectivity index (χ0n) is 19.7. The van der Waals surface area contributed by atoms with Crippen LogP contribution in [0.5, 0.6) is 5.75 Å². The molecule has 3 aliphatic rings. The normalized spacial score (nSPS) is 26.9.